The molecule has 0 aliphatic carbocycles. The highest BCUT2D eigenvalue weighted by Gasteiger charge is 2.09. The number of aliphatic imine (C=N–C) groups is 2. The molecule has 4 aromatic rings. The van der Waals surface area contributed by atoms with Crippen LogP contribution in [0.15, 0.2) is 126 Å². The molecule has 2 nitrogen and oxygen atoms in total. The monoisotopic (exact) mass is 460 g/mol. The van der Waals surface area contributed by atoms with Crippen molar-refractivity contribution in [2.24, 2.45) is 9.98 Å². The van der Waals surface area contributed by atoms with E-state index in [1.54, 1.807) is 0 Å². The quantitative estimate of drug-likeness (QED) is 0.160. The molecule has 0 atom stereocenters. The molecule has 34 heavy (non-hydrogen) atoms. The Morgan fingerprint density at radius 2 is 1.18 bits per heavy atom. The molecule has 0 aliphatic rings. The van der Waals surface area contributed by atoms with Crippen molar-refractivity contribution in [3.8, 4) is 11.1 Å². The summed E-state index contributed by atoms with van der Waals surface area (Å²) in [5.41, 5.74) is 6.98. The summed E-state index contributed by atoms with van der Waals surface area (Å²) in [7, 11) is -0.154. The average Bonchev–Trinajstić information content (AvgIpc) is 2.89. The smallest absolute Gasteiger partial charge is 0.160 e. The standard InChI is InChI=1S/C31H29N2P/c1-23(25-13-7-5-8-14-25)32-31(33-24(2)26-15-9-6-10-16-26)29-19-11-17-27(21-29)28-18-12-20-30(22-28)34(3)4/h5-22H,1H2,2-4H3. The SMILES string of the molecule is C=C(N=C(N=C(C)c1ccccc1)c1cccc(-c2cccc(P(C)C)c2)c1)c1ccccc1. The number of hydrogen-bond acceptors (Lipinski definition) is 1. The topological polar surface area (TPSA) is 24.7 Å². The van der Waals surface area contributed by atoms with Crippen molar-refractivity contribution in [3.63, 3.8) is 0 Å². The van der Waals surface area contributed by atoms with Gasteiger partial charge in [-0.1, -0.05) is 112 Å². The van der Waals surface area contributed by atoms with Crippen molar-refractivity contribution in [2.45, 2.75) is 6.92 Å². The van der Waals surface area contributed by atoms with Crippen molar-refractivity contribution in [2.75, 3.05) is 13.3 Å². The maximum Gasteiger partial charge on any atom is 0.160 e. The van der Waals surface area contributed by atoms with Crippen LogP contribution in [0.4, 0.5) is 0 Å². The minimum absolute atomic E-state index is 0.154. The molecular formula is C31H29N2P. The Bertz CT molecular complexity index is 1340. The van der Waals surface area contributed by atoms with Crippen LogP contribution in [-0.2, 0) is 0 Å². The van der Waals surface area contributed by atoms with E-state index in [4.69, 9.17) is 9.98 Å². The van der Waals surface area contributed by atoms with E-state index in [-0.39, 0.29) is 7.92 Å². The van der Waals surface area contributed by atoms with Crippen molar-refractivity contribution in [1.82, 2.24) is 0 Å². The zero-order valence-electron chi connectivity index (χ0n) is 19.9. The van der Waals surface area contributed by atoms with Crippen LogP contribution in [0.3, 0.4) is 0 Å². The van der Waals surface area contributed by atoms with Crippen LogP contribution in [0.25, 0.3) is 16.8 Å². The molecule has 0 N–H and O–H groups in total. The third kappa shape index (κ3) is 5.84. The highest BCUT2D eigenvalue weighted by atomic mass is 31.1. The summed E-state index contributed by atoms with van der Waals surface area (Å²) in [5, 5.41) is 1.39. The summed E-state index contributed by atoms with van der Waals surface area (Å²) in [5.74, 6) is 0.654. The fourth-order valence-corrected chi connectivity index (χ4v) is 4.46. The van der Waals surface area contributed by atoms with E-state index in [2.05, 4.69) is 80.6 Å². The van der Waals surface area contributed by atoms with Crippen molar-refractivity contribution in [1.29, 1.82) is 0 Å². The van der Waals surface area contributed by atoms with Gasteiger partial charge in [0.15, 0.2) is 5.84 Å². The summed E-state index contributed by atoms with van der Waals surface area (Å²) in [6.45, 7) is 10.8. The predicted molar refractivity (Wildman–Crippen MR) is 151 cm³/mol. The van der Waals surface area contributed by atoms with E-state index in [9.17, 15) is 0 Å². The first-order valence-electron chi connectivity index (χ1n) is 11.3. The molecule has 0 radical (unpaired) electrons. The van der Waals surface area contributed by atoms with E-state index >= 15 is 0 Å². The average molecular weight is 461 g/mol. The summed E-state index contributed by atoms with van der Waals surface area (Å²) in [4.78, 5) is 9.87. The Hall–Kier alpha value is -3.61. The molecule has 0 spiro atoms. The van der Waals surface area contributed by atoms with E-state index in [1.165, 1.54) is 10.9 Å². The van der Waals surface area contributed by atoms with Gasteiger partial charge in [0.05, 0.1) is 5.70 Å². The maximum atomic E-state index is 4.97. The number of rotatable bonds is 6. The zero-order chi connectivity index (χ0) is 23.9. The van der Waals surface area contributed by atoms with Crippen LogP contribution < -0.4 is 5.30 Å². The van der Waals surface area contributed by atoms with Gasteiger partial charge in [0, 0.05) is 11.3 Å². The minimum Gasteiger partial charge on any atom is -0.233 e. The van der Waals surface area contributed by atoms with Crippen LogP contribution in [0.1, 0.15) is 23.6 Å². The van der Waals surface area contributed by atoms with Gasteiger partial charge in [-0.3, -0.25) is 0 Å². The van der Waals surface area contributed by atoms with E-state index in [0.717, 1.165) is 28.0 Å². The first kappa shape index (κ1) is 23.5. The first-order valence-corrected chi connectivity index (χ1v) is 13.6. The predicted octanol–water partition coefficient (Wildman–Crippen LogP) is 7.65. The van der Waals surface area contributed by atoms with Crippen molar-refractivity contribution >= 4 is 30.5 Å². The van der Waals surface area contributed by atoms with E-state index in [1.807, 2.05) is 55.5 Å². The van der Waals surface area contributed by atoms with Crippen LogP contribution >= 0.6 is 7.92 Å². The fourth-order valence-electron chi connectivity index (χ4n) is 3.68. The van der Waals surface area contributed by atoms with Gasteiger partial charge < -0.3 is 0 Å². The molecule has 4 aromatic carbocycles. The molecule has 0 heterocycles. The van der Waals surface area contributed by atoms with Gasteiger partial charge in [-0.25, -0.2) is 9.98 Å². The fraction of sp³-hybridized carbons (Fsp3) is 0.0968. The highest BCUT2D eigenvalue weighted by Crippen LogP contribution is 2.28. The first-order chi connectivity index (χ1) is 16.5. The van der Waals surface area contributed by atoms with E-state index in [0.29, 0.717) is 11.5 Å². The Morgan fingerprint density at radius 1 is 0.618 bits per heavy atom. The van der Waals surface area contributed by atoms with Gasteiger partial charge in [-0.15, -0.1) is 0 Å². The molecule has 0 bridgehead atoms. The molecule has 168 valence electrons. The van der Waals surface area contributed by atoms with Crippen LogP contribution in [-0.4, -0.2) is 24.9 Å². The Kier molecular flexibility index (Phi) is 7.62. The second kappa shape index (κ2) is 11.0. The van der Waals surface area contributed by atoms with Crippen LogP contribution in [0.2, 0.25) is 0 Å². The number of hydrogen-bond donors (Lipinski definition) is 0. The molecule has 0 amide bonds. The molecular weight excluding hydrogens is 431 g/mol. The van der Waals surface area contributed by atoms with E-state index < -0.39 is 0 Å². The Labute approximate surface area is 204 Å². The van der Waals surface area contributed by atoms with Crippen molar-refractivity contribution < 1.29 is 0 Å². The van der Waals surface area contributed by atoms with Gasteiger partial charge >= 0.3 is 0 Å². The summed E-state index contributed by atoms with van der Waals surface area (Å²) in [6.07, 6.45) is 0. The third-order valence-electron chi connectivity index (χ3n) is 5.63. The molecule has 0 aliphatic heterocycles. The molecule has 0 fully saturated rings. The normalized spacial score (nSPS) is 12.1. The summed E-state index contributed by atoms with van der Waals surface area (Å²) in [6, 6.07) is 37.5. The van der Waals surface area contributed by atoms with Gasteiger partial charge in [-0.05, 0) is 59.9 Å². The van der Waals surface area contributed by atoms with Crippen molar-refractivity contribution in [3.05, 3.63) is 132 Å². The zero-order valence-corrected chi connectivity index (χ0v) is 20.8. The largest absolute Gasteiger partial charge is 0.233 e. The van der Waals surface area contributed by atoms with Gasteiger partial charge in [0.2, 0.25) is 0 Å². The van der Waals surface area contributed by atoms with Gasteiger partial charge in [0.1, 0.15) is 0 Å². The van der Waals surface area contributed by atoms with Crippen LogP contribution in [0.5, 0.6) is 0 Å². The molecule has 4 rings (SSSR count). The molecule has 0 saturated heterocycles. The lowest BCUT2D eigenvalue weighted by atomic mass is 10.0. The lowest BCUT2D eigenvalue weighted by Gasteiger charge is -2.11. The minimum atomic E-state index is -0.154. The molecule has 3 heteroatoms. The molecule has 0 unspecified atom stereocenters. The second-order valence-electron chi connectivity index (χ2n) is 8.34. The molecule has 0 saturated carbocycles. The summed E-state index contributed by atoms with van der Waals surface area (Å²) >= 11 is 0. The molecule has 0 aromatic heterocycles. The van der Waals surface area contributed by atoms with Gasteiger partial charge in [0.25, 0.3) is 0 Å². The lowest BCUT2D eigenvalue weighted by Crippen LogP contribution is -2.05. The van der Waals surface area contributed by atoms with Crippen LogP contribution in [0, 0.1) is 0 Å². The number of amidine groups is 1. The second-order valence-corrected chi connectivity index (χ2v) is 10.6. The highest BCUT2D eigenvalue weighted by molar-refractivity contribution is 7.64. The lowest BCUT2D eigenvalue weighted by molar-refractivity contribution is 1.44. The Balaban J connectivity index is 1.79. The number of benzene rings is 4. The third-order valence-corrected chi connectivity index (χ3v) is 6.94. The van der Waals surface area contributed by atoms with Gasteiger partial charge in [-0.2, -0.15) is 0 Å². The Morgan fingerprint density at radius 3 is 1.82 bits per heavy atom. The number of nitrogens with zero attached hydrogens (tertiary/aromatic N) is 2. The maximum absolute atomic E-state index is 4.97. The summed E-state index contributed by atoms with van der Waals surface area (Å²) < 4.78 is 0.